The molecule has 1 saturated carbocycles. The molecule has 0 radical (unpaired) electrons. The molecule has 0 bridgehead atoms. The van der Waals surface area contributed by atoms with E-state index >= 15 is 0 Å². The predicted octanol–water partition coefficient (Wildman–Crippen LogP) is 3.00. The molecule has 134 valence electrons. The van der Waals surface area contributed by atoms with E-state index in [-0.39, 0.29) is 23.5 Å². The first kappa shape index (κ1) is 17.6. The highest BCUT2D eigenvalue weighted by Gasteiger charge is 2.48. The number of benzene rings is 2. The highest BCUT2D eigenvalue weighted by molar-refractivity contribution is 6.03. The number of hydrogen-bond acceptors (Lipinski definition) is 3. The fraction of sp³-hybridized carbons (Fsp3) is 0.211. The summed E-state index contributed by atoms with van der Waals surface area (Å²) >= 11 is 0. The molecule has 2 aromatic carbocycles. The van der Waals surface area contributed by atoms with Crippen molar-refractivity contribution in [2.45, 2.75) is 13.3 Å². The molecule has 6 nitrogen and oxygen atoms in total. The third-order valence-corrected chi connectivity index (χ3v) is 4.03. The van der Waals surface area contributed by atoms with E-state index in [0.717, 1.165) is 0 Å². The van der Waals surface area contributed by atoms with Crippen molar-refractivity contribution in [2.24, 2.45) is 11.8 Å². The highest BCUT2D eigenvalue weighted by atomic mass is 19.1. The molecule has 1 aliphatic rings. The van der Waals surface area contributed by atoms with Crippen molar-refractivity contribution in [1.82, 2.24) is 0 Å². The number of nitrogens with one attached hydrogen (secondary N) is 3. The molecule has 2 unspecified atom stereocenters. The molecule has 0 aliphatic heterocycles. The summed E-state index contributed by atoms with van der Waals surface area (Å²) in [7, 11) is 0. The van der Waals surface area contributed by atoms with Crippen LogP contribution >= 0.6 is 0 Å². The maximum atomic E-state index is 12.9. The summed E-state index contributed by atoms with van der Waals surface area (Å²) in [6.45, 7) is 1.40. The average molecular weight is 355 g/mol. The monoisotopic (exact) mass is 355 g/mol. The van der Waals surface area contributed by atoms with Gasteiger partial charge >= 0.3 is 0 Å². The molecule has 7 heteroatoms. The largest absolute Gasteiger partial charge is 0.326 e. The normalized spacial score (nSPS) is 17.9. The Morgan fingerprint density at radius 1 is 0.846 bits per heavy atom. The number of anilines is 3. The van der Waals surface area contributed by atoms with Gasteiger partial charge in [0.2, 0.25) is 17.7 Å². The first-order valence-corrected chi connectivity index (χ1v) is 8.17. The number of carbonyl (C=O) groups excluding carboxylic acids is 3. The van der Waals surface area contributed by atoms with Crippen LogP contribution in [-0.4, -0.2) is 17.7 Å². The maximum absolute atomic E-state index is 12.9. The SMILES string of the molecule is CC(=O)Nc1cccc(NC(=O)C2CC2C(=O)Nc2ccc(F)cc2)c1. The van der Waals surface area contributed by atoms with Crippen LogP contribution < -0.4 is 16.0 Å². The van der Waals surface area contributed by atoms with Crippen LogP contribution in [0.4, 0.5) is 21.5 Å². The van der Waals surface area contributed by atoms with Crippen LogP contribution in [0.5, 0.6) is 0 Å². The van der Waals surface area contributed by atoms with Crippen LogP contribution in [0.25, 0.3) is 0 Å². The minimum absolute atomic E-state index is 0.201. The molecule has 3 N–H and O–H groups in total. The molecule has 2 aromatic rings. The van der Waals surface area contributed by atoms with Crippen LogP contribution in [0.3, 0.4) is 0 Å². The Morgan fingerprint density at radius 3 is 1.96 bits per heavy atom. The number of hydrogen-bond donors (Lipinski definition) is 3. The Kier molecular flexibility index (Phi) is 4.97. The fourth-order valence-corrected chi connectivity index (χ4v) is 2.66. The predicted molar refractivity (Wildman–Crippen MR) is 96.0 cm³/mol. The van der Waals surface area contributed by atoms with Gasteiger partial charge < -0.3 is 16.0 Å². The van der Waals surface area contributed by atoms with E-state index in [2.05, 4.69) is 16.0 Å². The van der Waals surface area contributed by atoms with Crippen LogP contribution in [-0.2, 0) is 14.4 Å². The van der Waals surface area contributed by atoms with Crippen LogP contribution in [0.15, 0.2) is 48.5 Å². The lowest BCUT2D eigenvalue weighted by Crippen LogP contribution is -2.20. The molecule has 0 heterocycles. The highest BCUT2D eigenvalue weighted by Crippen LogP contribution is 2.40. The summed E-state index contributed by atoms with van der Waals surface area (Å²) in [6.07, 6.45) is 0.463. The number of rotatable bonds is 5. The third kappa shape index (κ3) is 4.44. The van der Waals surface area contributed by atoms with E-state index in [9.17, 15) is 18.8 Å². The third-order valence-electron chi connectivity index (χ3n) is 4.03. The molecule has 1 aliphatic carbocycles. The average Bonchev–Trinajstić information content (AvgIpc) is 3.37. The summed E-state index contributed by atoms with van der Waals surface area (Å²) in [4.78, 5) is 35.5. The summed E-state index contributed by atoms with van der Waals surface area (Å²) in [6, 6.07) is 12.2. The quantitative estimate of drug-likeness (QED) is 0.770. The van der Waals surface area contributed by atoms with Gasteiger partial charge in [0, 0.05) is 24.0 Å². The van der Waals surface area contributed by atoms with Crippen LogP contribution in [0.1, 0.15) is 13.3 Å². The Labute approximate surface area is 149 Å². The second-order valence-electron chi connectivity index (χ2n) is 6.20. The van der Waals surface area contributed by atoms with Gasteiger partial charge in [-0.25, -0.2) is 4.39 Å². The van der Waals surface area contributed by atoms with Gasteiger partial charge in [-0.1, -0.05) is 6.07 Å². The van der Waals surface area contributed by atoms with Crippen molar-refractivity contribution in [3.8, 4) is 0 Å². The Morgan fingerprint density at radius 2 is 1.38 bits per heavy atom. The first-order chi connectivity index (χ1) is 12.4. The van der Waals surface area contributed by atoms with Gasteiger partial charge in [-0.15, -0.1) is 0 Å². The van der Waals surface area contributed by atoms with Crippen molar-refractivity contribution in [2.75, 3.05) is 16.0 Å². The van der Waals surface area contributed by atoms with Gasteiger partial charge in [0.05, 0.1) is 11.8 Å². The van der Waals surface area contributed by atoms with E-state index in [0.29, 0.717) is 23.5 Å². The van der Waals surface area contributed by atoms with Crippen molar-refractivity contribution in [3.05, 3.63) is 54.3 Å². The number of halogens is 1. The lowest BCUT2D eigenvalue weighted by molar-refractivity contribution is -0.122. The minimum Gasteiger partial charge on any atom is -0.326 e. The van der Waals surface area contributed by atoms with Gasteiger partial charge in [0.15, 0.2) is 0 Å². The number of amides is 3. The van der Waals surface area contributed by atoms with Crippen molar-refractivity contribution < 1.29 is 18.8 Å². The molecule has 0 spiro atoms. The molecule has 3 amide bonds. The van der Waals surface area contributed by atoms with E-state index in [1.165, 1.54) is 31.2 Å². The van der Waals surface area contributed by atoms with E-state index in [1.54, 1.807) is 24.3 Å². The van der Waals surface area contributed by atoms with Crippen molar-refractivity contribution in [3.63, 3.8) is 0 Å². The topological polar surface area (TPSA) is 87.3 Å². The minimum atomic E-state index is -0.404. The zero-order valence-corrected chi connectivity index (χ0v) is 14.1. The lowest BCUT2D eigenvalue weighted by Gasteiger charge is -2.08. The maximum Gasteiger partial charge on any atom is 0.228 e. The lowest BCUT2D eigenvalue weighted by atomic mass is 10.2. The molecule has 0 saturated heterocycles. The van der Waals surface area contributed by atoms with Crippen LogP contribution in [0.2, 0.25) is 0 Å². The van der Waals surface area contributed by atoms with Gasteiger partial charge in [-0.3, -0.25) is 14.4 Å². The van der Waals surface area contributed by atoms with Crippen molar-refractivity contribution >= 4 is 34.8 Å². The van der Waals surface area contributed by atoms with Crippen LogP contribution in [0, 0.1) is 17.7 Å². The Balaban J connectivity index is 1.54. The second-order valence-corrected chi connectivity index (χ2v) is 6.20. The first-order valence-electron chi connectivity index (χ1n) is 8.17. The van der Waals surface area contributed by atoms with E-state index in [1.807, 2.05) is 0 Å². The molecule has 3 rings (SSSR count). The zero-order chi connectivity index (χ0) is 18.7. The molecule has 0 aromatic heterocycles. The molecule has 26 heavy (non-hydrogen) atoms. The zero-order valence-electron chi connectivity index (χ0n) is 14.1. The molecule has 2 atom stereocenters. The Hall–Kier alpha value is -3.22. The Bertz CT molecular complexity index is 851. The standard InChI is InChI=1S/C19H18FN3O3/c1-11(24)21-14-3-2-4-15(9-14)23-19(26)17-10-16(17)18(25)22-13-7-5-12(20)6-8-13/h2-9,16-17H,10H2,1H3,(H,21,24)(H,22,25)(H,23,26). The van der Waals surface area contributed by atoms with Gasteiger partial charge in [-0.05, 0) is 48.9 Å². The van der Waals surface area contributed by atoms with Gasteiger partial charge in [-0.2, -0.15) is 0 Å². The summed E-state index contributed by atoms with van der Waals surface area (Å²) in [5, 5.41) is 8.07. The van der Waals surface area contributed by atoms with Gasteiger partial charge in [0.25, 0.3) is 0 Å². The summed E-state index contributed by atoms with van der Waals surface area (Å²) in [5.74, 6) is -1.90. The molecular formula is C19H18FN3O3. The number of carbonyl (C=O) groups is 3. The van der Waals surface area contributed by atoms with Crippen molar-refractivity contribution in [1.29, 1.82) is 0 Å². The molecule has 1 fully saturated rings. The van der Waals surface area contributed by atoms with E-state index < -0.39 is 11.8 Å². The molecular weight excluding hydrogens is 337 g/mol. The second kappa shape index (κ2) is 7.35. The van der Waals surface area contributed by atoms with E-state index in [4.69, 9.17) is 0 Å². The summed E-state index contributed by atoms with van der Waals surface area (Å²) < 4.78 is 12.9. The fourth-order valence-electron chi connectivity index (χ4n) is 2.66. The summed E-state index contributed by atoms with van der Waals surface area (Å²) in [5.41, 5.74) is 1.62. The van der Waals surface area contributed by atoms with Gasteiger partial charge in [0.1, 0.15) is 5.82 Å². The smallest absolute Gasteiger partial charge is 0.228 e.